The number of piperidine rings is 1. The predicted molar refractivity (Wildman–Crippen MR) is 65.6 cm³/mol. The van der Waals surface area contributed by atoms with Gasteiger partial charge in [-0.2, -0.15) is 0 Å². The quantitative estimate of drug-likeness (QED) is 0.835. The number of halogens is 2. The van der Waals surface area contributed by atoms with E-state index < -0.39 is 11.6 Å². The van der Waals surface area contributed by atoms with E-state index in [1.54, 1.807) is 0 Å². The molecule has 0 aromatic heterocycles. The highest BCUT2D eigenvalue weighted by molar-refractivity contribution is 5.96. The summed E-state index contributed by atoms with van der Waals surface area (Å²) in [7, 11) is 0. The van der Waals surface area contributed by atoms with Crippen molar-refractivity contribution >= 4 is 5.78 Å². The van der Waals surface area contributed by atoms with Crippen LogP contribution in [0.5, 0.6) is 0 Å². The second-order valence-electron chi connectivity index (χ2n) is 4.77. The van der Waals surface area contributed by atoms with Crippen LogP contribution in [-0.2, 0) is 0 Å². The van der Waals surface area contributed by atoms with Crippen molar-refractivity contribution in [3.05, 3.63) is 35.4 Å². The molecule has 18 heavy (non-hydrogen) atoms. The molecule has 1 N–H and O–H groups in total. The van der Waals surface area contributed by atoms with E-state index in [1.165, 1.54) is 12.8 Å². The number of hydrogen-bond acceptors (Lipinski definition) is 2. The Bertz CT molecular complexity index is 408. The maximum Gasteiger partial charge on any atom is 0.163 e. The monoisotopic (exact) mass is 253 g/mol. The fourth-order valence-corrected chi connectivity index (χ4v) is 2.33. The molecule has 1 unspecified atom stereocenters. The second-order valence-corrected chi connectivity index (χ2v) is 4.77. The Labute approximate surface area is 105 Å². The molecule has 1 aromatic rings. The van der Waals surface area contributed by atoms with E-state index in [0.717, 1.165) is 37.6 Å². The fraction of sp³-hybridized carbons (Fsp3) is 0.500. The van der Waals surface area contributed by atoms with E-state index in [9.17, 15) is 13.6 Å². The Hall–Kier alpha value is -1.29. The lowest BCUT2D eigenvalue weighted by Gasteiger charge is -2.22. The van der Waals surface area contributed by atoms with Gasteiger partial charge < -0.3 is 5.32 Å². The van der Waals surface area contributed by atoms with E-state index >= 15 is 0 Å². The van der Waals surface area contributed by atoms with E-state index in [2.05, 4.69) is 5.32 Å². The van der Waals surface area contributed by atoms with Gasteiger partial charge in [-0.1, -0.05) is 6.42 Å². The van der Waals surface area contributed by atoms with Crippen LogP contribution in [0.15, 0.2) is 18.2 Å². The largest absolute Gasteiger partial charge is 0.314 e. The minimum atomic E-state index is -0.700. The van der Waals surface area contributed by atoms with Crippen molar-refractivity contribution in [1.82, 2.24) is 5.32 Å². The maximum absolute atomic E-state index is 13.0. The number of hydrogen-bond donors (Lipinski definition) is 1. The molecular formula is C14H17F2NO. The number of benzene rings is 1. The highest BCUT2D eigenvalue weighted by Gasteiger charge is 2.15. The number of Topliss-reactive ketones (excluding diaryl/α,β-unsaturated/α-hetero) is 1. The molecule has 1 heterocycles. The Morgan fingerprint density at radius 3 is 2.56 bits per heavy atom. The molecule has 2 rings (SSSR count). The van der Waals surface area contributed by atoms with Gasteiger partial charge in [0.1, 0.15) is 11.6 Å². The number of nitrogens with one attached hydrogen (secondary N) is 1. The van der Waals surface area contributed by atoms with Gasteiger partial charge >= 0.3 is 0 Å². The van der Waals surface area contributed by atoms with Crippen LogP contribution in [0.25, 0.3) is 0 Å². The summed E-state index contributed by atoms with van der Waals surface area (Å²) in [5.41, 5.74) is 0.128. The Balaban J connectivity index is 1.90. The minimum Gasteiger partial charge on any atom is -0.314 e. The molecule has 98 valence electrons. The lowest BCUT2D eigenvalue weighted by Crippen LogP contribution is -2.34. The second kappa shape index (κ2) is 6.05. The zero-order chi connectivity index (χ0) is 13.0. The molecule has 1 saturated heterocycles. The van der Waals surface area contributed by atoms with Gasteiger partial charge in [0, 0.05) is 24.1 Å². The maximum atomic E-state index is 13.0. The molecule has 1 aliphatic heterocycles. The molecule has 4 heteroatoms. The molecule has 1 aliphatic rings. The summed E-state index contributed by atoms with van der Waals surface area (Å²) in [6.07, 6.45) is 4.50. The minimum absolute atomic E-state index is 0.128. The smallest absolute Gasteiger partial charge is 0.163 e. The summed E-state index contributed by atoms with van der Waals surface area (Å²) in [4.78, 5) is 11.8. The summed E-state index contributed by atoms with van der Waals surface area (Å²) in [6, 6.07) is 3.33. The molecule has 2 nitrogen and oxygen atoms in total. The van der Waals surface area contributed by atoms with E-state index in [-0.39, 0.29) is 11.3 Å². The molecule has 1 fully saturated rings. The first-order valence-corrected chi connectivity index (χ1v) is 6.38. The van der Waals surface area contributed by atoms with Crippen molar-refractivity contribution in [3.8, 4) is 0 Å². The van der Waals surface area contributed by atoms with Crippen LogP contribution in [-0.4, -0.2) is 18.4 Å². The molecule has 0 radical (unpaired) electrons. The highest BCUT2D eigenvalue weighted by atomic mass is 19.1. The van der Waals surface area contributed by atoms with Crippen molar-refractivity contribution < 1.29 is 13.6 Å². The van der Waals surface area contributed by atoms with Gasteiger partial charge in [0.25, 0.3) is 0 Å². The first-order chi connectivity index (χ1) is 8.65. The summed E-state index contributed by atoms with van der Waals surface area (Å²) in [5, 5.41) is 3.35. The van der Waals surface area contributed by atoms with Crippen LogP contribution in [0.3, 0.4) is 0 Å². The topological polar surface area (TPSA) is 29.1 Å². The van der Waals surface area contributed by atoms with Crippen LogP contribution in [0, 0.1) is 11.6 Å². The molecule has 0 aliphatic carbocycles. The summed E-state index contributed by atoms with van der Waals surface area (Å²) in [6.45, 7) is 0.994. The normalized spacial score (nSPS) is 19.8. The van der Waals surface area contributed by atoms with Crippen LogP contribution in [0.2, 0.25) is 0 Å². The number of ketones is 1. The van der Waals surface area contributed by atoms with Gasteiger partial charge in [-0.05, 0) is 37.9 Å². The molecule has 0 bridgehead atoms. The first kappa shape index (κ1) is 13.1. The Kier molecular flexibility index (Phi) is 4.42. The molecule has 0 saturated carbocycles. The Morgan fingerprint density at radius 2 is 1.94 bits per heavy atom. The van der Waals surface area contributed by atoms with Crippen molar-refractivity contribution in [2.75, 3.05) is 6.54 Å². The Morgan fingerprint density at radius 1 is 1.22 bits per heavy atom. The third-order valence-electron chi connectivity index (χ3n) is 3.32. The summed E-state index contributed by atoms with van der Waals surface area (Å²) in [5.74, 6) is -1.59. The van der Waals surface area contributed by atoms with Crippen molar-refractivity contribution in [2.45, 2.75) is 38.1 Å². The average Bonchev–Trinajstić information content (AvgIpc) is 2.36. The zero-order valence-corrected chi connectivity index (χ0v) is 10.2. The lowest BCUT2D eigenvalue weighted by molar-refractivity contribution is 0.0973. The van der Waals surface area contributed by atoms with E-state index in [0.29, 0.717) is 12.5 Å². The van der Waals surface area contributed by atoms with Crippen LogP contribution < -0.4 is 5.32 Å². The van der Waals surface area contributed by atoms with E-state index in [4.69, 9.17) is 0 Å². The van der Waals surface area contributed by atoms with Crippen LogP contribution in [0.1, 0.15) is 42.5 Å². The third kappa shape index (κ3) is 3.60. The van der Waals surface area contributed by atoms with Gasteiger partial charge in [0.05, 0.1) is 0 Å². The molecule has 0 spiro atoms. The van der Waals surface area contributed by atoms with Gasteiger partial charge in [-0.3, -0.25) is 4.79 Å². The molecule has 1 aromatic carbocycles. The van der Waals surface area contributed by atoms with Crippen LogP contribution >= 0.6 is 0 Å². The standard InChI is InChI=1S/C14H17F2NO/c15-11-7-10(8-12(16)9-11)14(18)5-4-13-3-1-2-6-17-13/h7-9,13,17H,1-6H2. The van der Waals surface area contributed by atoms with Crippen molar-refractivity contribution in [3.63, 3.8) is 0 Å². The SMILES string of the molecule is O=C(CCC1CCCCN1)c1cc(F)cc(F)c1. The van der Waals surface area contributed by atoms with Crippen molar-refractivity contribution in [2.24, 2.45) is 0 Å². The van der Waals surface area contributed by atoms with Gasteiger partial charge in [0.2, 0.25) is 0 Å². The molecule has 1 atom stereocenters. The fourth-order valence-electron chi connectivity index (χ4n) is 2.33. The van der Waals surface area contributed by atoms with E-state index in [1.807, 2.05) is 0 Å². The lowest BCUT2D eigenvalue weighted by atomic mass is 9.97. The third-order valence-corrected chi connectivity index (χ3v) is 3.32. The number of carbonyl (C=O) groups excluding carboxylic acids is 1. The summed E-state index contributed by atoms with van der Waals surface area (Å²) < 4.78 is 26.0. The number of rotatable bonds is 4. The predicted octanol–water partition coefficient (Wildman–Crippen LogP) is 3.07. The highest BCUT2D eigenvalue weighted by Crippen LogP contribution is 2.15. The molecular weight excluding hydrogens is 236 g/mol. The average molecular weight is 253 g/mol. The van der Waals surface area contributed by atoms with Crippen molar-refractivity contribution in [1.29, 1.82) is 0 Å². The zero-order valence-electron chi connectivity index (χ0n) is 10.2. The van der Waals surface area contributed by atoms with Gasteiger partial charge in [-0.25, -0.2) is 8.78 Å². The van der Waals surface area contributed by atoms with Gasteiger partial charge in [-0.15, -0.1) is 0 Å². The van der Waals surface area contributed by atoms with Crippen LogP contribution in [0.4, 0.5) is 8.78 Å². The molecule has 0 amide bonds. The van der Waals surface area contributed by atoms with Gasteiger partial charge in [0.15, 0.2) is 5.78 Å². The summed E-state index contributed by atoms with van der Waals surface area (Å²) >= 11 is 0. The first-order valence-electron chi connectivity index (χ1n) is 6.38. The number of carbonyl (C=O) groups is 1.